The minimum Gasteiger partial charge on any atom is -0.475 e. The lowest BCUT2D eigenvalue weighted by Crippen LogP contribution is -2.46. The third-order valence-electron chi connectivity index (χ3n) is 4.45. The molecule has 1 fully saturated rings. The number of methoxy groups -OCH3 is 1. The summed E-state index contributed by atoms with van der Waals surface area (Å²) in [6, 6.07) is 6.48. The maximum atomic E-state index is 10.6. The van der Waals surface area contributed by atoms with Crippen molar-refractivity contribution in [1.82, 2.24) is 19.8 Å². The number of rotatable bonds is 5. The van der Waals surface area contributed by atoms with Gasteiger partial charge in [-0.2, -0.15) is 26.3 Å². The van der Waals surface area contributed by atoms with Gasteiger partial charge in [0, 0.05) is 46.4 Å². The molecule has 0 saturated carbocycles. The Bertz CT molecular complexity index is 886. The fourth-order valence-electron chi connectivity index (χ4n) is 2.73. The predicted octanol–water partition coefficient (Wildman–Crippen LogP) is 2.59. The molecule has 0 amide bonds. The SMILES string of the molecule is COCCN1CCN(Cc2ccc3nc[nH]c3c2)CC1.O=C(O)C(F)(F)F.O=C(O)C(F)(F)F. The molecule has 15 heteroatoms. The summed E-state index contributed by atoms with van der Waals surface area (Å²) in [5, 5.41) is 14.2. The smallest absolute Gasteiger partial charge is 0.475 e. The monoisotopic (exact) mass is 502 g/mol. The third kappa shape index (κ3) is 10.8. The van der Waals surface area contributed by atoms with Crippen molar-refractivity contribution in [2.24, 2.45) is 0 Å². The summed E-state index contributed by atoms with van der Waals surface area (Å²) >= 11 is 0. The number of imidazole rings is 1. The van der Waals surface area contributed by atoms with Crippen molar-refractivity contribution in [3.8, 4) is 0 Å². The van der Waals surface area contributed by atoms with Crippen LogP contribution in [0.3, 0.4) is 0 Å². The van der Waals surface area contributed by atoms with Crippen molar-refractivity contribution in [3.63, 3.8) is 0 Å². The first-order valence-corrected chi connectivity index (χ1v) is 9.70. The van der Waals surface area contributed by atoms with Crippen molar-refractivity contribution in [1.29, 1.82) is 0 Å². The second kappa shape index (κ2) is 13.1. The number of nitrogens with zero attached hydrogens (tertiary/aromatic N) is 3. The highest BCUT2D eigenvalue weighted by molar-refractivity contribution is 5.75. The van der Waals surface area contributed by atoms with Crippen LogP contribution in [0.1, 0.15) is 5.56 Å². The van der Waals surface area contributed by atoms with E-state index in [9.17, 15) is 26.3 Å². The topological polar surface area (TPSA) is 119 Å². The summed E-state index contributed by atoms with van der Waals surface area (Å²) < 4.78 is 68.6. The molecule has 34 heavy (non-hydrogen) atoms. The Kier molecular flexibility index (Phi) is 11.2. The van der Waals surface area contributed by atoms with Crippen LogP contribution < -0.4 is 0 Å². The van der Waals surface area contributed by atoms with Crippen molar-refractivity contribution >= 4 is 23.0 Å². The average Bonchev–Trinajstić information content (AvgIpc) is 3.21. The Hall–Kier alpha value is -2.91. The third-order valence-corrected chi connectivity index (χ3v) is 4.45. The van der Waals surface area contributed by atoms with E-state index in [0.29, 0.717) is 0 Å². The van der Waals surface area contributed by atoms with Crippen molar-refractivity contribution in [3.05, 3.63) is 30.1 Å². The molecule has 0 radical (unpaired) electrons. The second-order valence-electron chi connectivity index (χ2n) is 6.97. The quantitative estimate of drug-likeness (QED) is 0.534. The molecule has 0 unspecified atom stereocenters. The first kappa shape index (κ1) is 29.1. The van der Waals surface area contributed by atoms with Gasteiger partial charge in [-0.05, 0) is 17.7 Å². The van der Waals surface area contributed by atoms with Gasteiger partial charge in [0.15, 0.2) is 0 Å². The van der Waals surface area contributed by atoms with E-state index in [1.807, 2.05) is 0 Å². The number of ether oxygens (including phenoxy) is 1. The van der Waals surface area contributed by atoms with Gasteiger partial charge in [-0.1, -0.05) is 6.07 Å². The van der Waals surface area contributed by atoms with Crippen LogP contribution in [0, 0.1) is 0 Å². The highest BCUT2D eigenvalue weighted by Gasteiger charge is 2.38. The molecule has 1 aliphatic heterocycles. The highest BCUT2D eigenvalue weighted by Crippen LogP contribution is 2.15. The van der Waals surface area contributed by atoms with Crippen LogP contribution in [0.4, 0.5) is 26.3 Å². The molecular formula is C19H24F6N4O5. The lowest BCUT2D eigenvalue weighted by atomic mass is 10.1. The second-order valence-corrected chi connectivity index (χ2v) is 6.97. The Labute approximate surface area is 189 Å². The number of H-pyrrole nitrogens is 1. The normalized spacial score (nSPS) is 15.1. The number of nitrogens with one attached hydrogen (secondary N) is 1. The molecule has 0 atom stereocenters. The molecule has 1 aliphatic rings. The van der Waals surface area contributed by atoms with E-state index >= 15 is 0 Å². The number of hydrogen-bond donors (Lipinski definition) is 3. The number of halogens is 6. The first-order valence-electron chi connectivity index (χ1n) is 9.70. The van der Waals surface area contributed by atoms with Crippen LogP contribution >= 0.6 is 0 Å². The van der Waals surface area contributed by atoms with Gasteiger partial charge in [0.25, 0.3) is 0 Å². The summed E-state index contributed by atoms with van der Waals surface area (Å²) in [4.78, 5) is 30.2. The number of aromatic nitrogens is 2. The Balaban J connectivity index is 0.000000343. The minimum atomic E-state index is -5.08. The van der Waals surface area contributed by atoms with Gasteiger partial charge in [0.2, 0.25) is 0 Å². The van der Waals surface area contributed by atoms with Gasteiger partial charge in [0.05, 0.1) is 24.0 Å². The molecule has 192 valence electrons. The molecule has 2 heterocycles. The zero-order valence-electron chi connectivity index (χ0n) is 18.0. The highest BCUT2D eigenvalue weighted by atomic mass is 19.4. The van der Waals surface area contributed by atoms with Gasteiger partial charge in [-0.15, -0.1) is 0 Å². The molecule has 0 bridgehead atoms. The maximum absolute atomic E-state index is 10.6. The number of carboxylic acid groups (broad SMARTS) is 2. The van der Waals surface area contributed by atoms with Gasteiger partial charge >= 0.3 is 24.3 Å². The molecule has 9 nitrogen and oxygen atoms in total. The van der Waals surface area contributed by atoms with E-state index in [1.54, 1.807) is 13.4 Å². The van der Waals surface area contributed by atoms with Crippen LogP contribution in [0.2, 0.25) is 0 Å². The molecule has 1 aromatic heterocycles. The molecule has 3 rings (SSSR count). The number of fused-ring (bicyclic) bond motifs is 1. The predicted molar refractivity (Wildman–Crippen MR) is 107 cm³/mol. The number of aliphatic carboxylic acids is 2. The van der Waals surface area contributed by atoms with Gasteiger partial charge in [-0.3, -0.25) is 9.80 Å². The number of carbonyl (C=O) groups is 2. The summed E-state index contributed by atoms with van der Waals surface area (Å²) in [6.45, 7) is 7.43. The molecule has 3 N–H and O–H groups in total. The average molecular weight is 502 g/mol. The molecule has 1 aromatic carbocycles. The number of aromatic amines is 1. The Morgan fingerprint density at radius 2 is 1.50 bits per heavy atom. The zero-order valence-corrected chi connectivity index (χ0v) is 18.0. The standard InChI is InChI=1S/C15H22N4O.2C2HF3O2/c1-20-9-8-18-4-6-19(7-5-18)11-13-2-3-14-15(10-13)17-12-16-14;2*3-2(4,5)1(6)7/h2-3,10,12H,4-9,11H2,1H3,(H,16,17);2*(H,6,7). The van der Waals surface area contributed by atoms with E-state index in [4.69, 9.17) is 24.5 Å². The minimum absolute atomic E-state index is 0.830. The molecule has 1 saturated heterocycles. The van der Waals surface area contributed by atoms with E-state index < -0.39 is 24.3 Å². The van der Waals surface area contributed by atoms with Crippen LogP contribution in [0.15, 0.2) is 24.5 Å². The van der Waals surface area contributed by atoms with Crippen LogP contribution in [0.25, 0.3) is 11.0 Å². The summed E-state index contributed by atoms with van der Waals surface area (Å²) in [7, 11) is 1.77. The van der Waals surface area contributed by atoms with Gasteiger partial charge < -0.3 is 19.9 Å². The zero-order chi connectivity index (χ0) is 25.9. The molecule has 2 aromatic rings. The Morgan fingerprint density at radius 3 is 1.97 bits per heavy atom. The number of hydrogen-bond acceptors (Lipinski definition) is 6. The van der Waals surface area contributed by atoms with Crippen LogP contribution in [0.5, 0.6) is 0 Å². The van der Waals surface area contributed by atoms with Crippen molar-refractivity contribution in [2.75, 3.05) is 46.4 Å². The number of piperazine rings is 1. The molecule has 0 aliphatic carbocycles. The van der Waals surface area contributed by atoms with Gasteiger partial charge in [-0.25, -0.2) is 14.6 Å². The molecular weight excluding hydrogens is 478 g/mol. The summed E-state index contributed by atoms with van der Waals surface area (Å²) in [5.74, 6) is -5.51. The van der Waals surface area contributed by atoms with Crippen LogP contribution in [-0.2, 0) is 20.9 Å². The lowest BCUT2D eigenvalue weighted by Gasteiger charge is -2.34. The Morgan fingerprint density at radius 1 is 1.00 bits per heavy atom. The number of carboxylic acids is 2. The van der Waals surface area contributed by atoms with E-state index in [0.717, 1.165) is 56.9 Å². The van der Waals surface area contributed by atoms with E-state index in [1.165, 1.54) is 5.56 Å². The lowest BCUT2D eigenvalue weighted by molar-refractivity contribution is -0.193. The van der Waals surface area contributed by atoms with Crippen molar-refractivity contribution in [2.45, 2.75) is 18.9 Å². The largest absolute Gasteiger partial charge is 0.490 e. The summed E-state index contributed by atoms with van der Waals surface area (Å²) in [6.07, 6.45) is -8.41. The number of benzene rings is 1. The van der Waals surface area contributed by atoms with E-state index in [-0.39, 0.29) is 0 Å². The van der Waals surface area contributed by atoms with Crippen LogP contribution in [-0.4, -0.2) is 101 Å². The maximum Gasteiger partial charge on any atom is 0.490 e. The number of alkyl halides is 6. The van der Waals surface area contributed by atoms with Crippen molar-refractivity contribution < 1.29 is 50.9 Å². The molecule has 0 spiro atoms. The fraction of sp³-hybridized carbons (Fsp3) is 0.526. The van der Waals surface area contributed by atoms with E-state index in [2.05, 4.69) is 38.0 Å². The van der Waals surface area contributed by atoms with Gasteiger partial charge in [0.1, 0.15) is 0 Å². The fourth-order valence-corrected chi connectivity index (χ4v) is 2.73. The summed E-state index contributed by atoms with van der Waals surface area (Å²) in [5.41, 5.74) is 3.52. The first-order chi connectivity index (χ1) is 15.7.